The minimum atomic E-state index is -1.45. The van der Waals surface area contributed by atoms with Gasteiger partial charge in [-0.2, -0.15) is 0 Å². The number of rotatable bonds is 6. The molecule has 1 aliphatic carbocycles. The minimum Gasteiger partial charge on any atom is -0.457 e. The van der Waals surface area contributed by atoms with Crippen LogP contribution in [0.2, 0.25) is 0 Å². The molecular formula is C36H54N4O6. The van der Waals surface area contributed by atoms with E-state index in [4.69, 9.17) is 9.47 Å². The highest BCUT2D eigenvalue weighted by molar-refractivity contribution is 5.70. The summed E-state index contributed by atoms with van der Waals surface area (Å²) >= 11 is 0. The number of aliphatic hydroxyl groups is 2. The smallest absolute Gasteiger partial charge is 0.410 e. The van der Waals surface area contributed by atoms with Crippen molar-refractivity contribution in [3.63, 3.8) is 0 Å². The lowest BCUT2D eigenvalue weighted by Gasteiger charge is -2.40. The van der Waals surface area contributed by atoms with E-state index in [1.54, 1.807) is 36.4 Å². The number of carbonyl (C=O) groups is 2. The maximum atomic E-state index is 13.4. The Morgan fingerprint density at radius 3 is 2.43 bits per heavy atom. The van der Waals surface area contributed by atoms with Crippen LogP contribution in [0.1, 0.15) is 97.2 Å². The summed E-state index contributed by atoms with van der Waals surface area (Å²) in [4.78, 5) is 39.1. The van der Waals surface area contributed by atoms with Gasteiger partial charge in [-0.25, -0.2) is 14.8 Å². The molecule has 3 aliphatic rings. The van der Waals surface area contributed by atoms with E-state index in [0.717, 1.165) is 18.7 Å². The molecule has 1 amide bonds. The van der Waals surface area contributed by atoms with E-state index in [9.17, 15) is 19.8 Å². The number of amides is 1. The van der Waals surface area contributed by atoms with Crippen LogP contribution in [-0.2, 0) is 14.3 Å². The maximum absolute atomic E-state index is 13.4. The molecule has 0 radical (unpaired) electrons. The third-order valence-electron chi connectivity index (χ3n) is 9.67. The minimum absolute atomic E-state index is 0.00552. The fourth-order valence-electron chi connectivity index (χ4n) is 6.63. The van der Waals surface area contributed by atoms with Crippen LogP contribution >= 0.6 is 0 Å². The van der Waals surface area contributed by atoms with Gasteiger partial charge in [0, 0.05) is 56.5 Å². The second kappa shape index (κ2) is 17.2. The Balaban J connectivity index is 1.45. The predicted molar refractivity (Wildman–Crippen MR) is 177 cm³/mol. The lowest BCUT2D eigenvalue weighted by Crippen LogP contribution is -2.53. The molecule has 10 nitrogen and oxygen atoms in total. The third kappa shape index (κ3) is 10.5. The highest BCUT2D eigenvalue weighted by atomic mass is 16.6. The van der Waals surface area contributed by atoms with Crippen LogP contribution in [0.3, 0.4) is 0 Å². The van der Waals surface area contributed by atoms with Gasteiger partial charge in [0.1, 0.15) is 17.5 Å². The first-order valence-corrected chi connectivity index (χ1v) is 17.1. The quantitative estimate of drug-likeness (QED) is 0.184. The lowest BCUT2D eigenvalue weighted by molar-refractivity contribution is -0.151. The molecule has 1 saturated heterocycles. The number of piperazine rings is 1. The zero-order chi connectivity index (χ0) is 33.1. The van der Waals surface area contributed by atoms with E-state index >= 15 is 0 Å². The summed E-state index contributed by atoms with van der Waals surface area (Å²) in [6.45, 7) is 10.3. The number of carbonyl (C=O) groups excluding carboxylic acids is 2. The summed E-state index contributed by atoms with van der Waals surface area (Å²) in [7, 11) is 0. The first-order chi connectivity index (χ1) is 22.0. The molecule has 3 heterocycles. The van der Waals surface area contributed by atoms with Gasteiger partial charge in [0.25, 0.3) is 0 Å². The van der Waals surface area contributed by atoms with E-state index in [1.807, 2.05) is 45.1 Å². The van der Waals surface area contributed by atoms with Crippen molar-refractivity contribution < 1.29 is 29.3 Å². The average Bonchev–Trinajstić information content (AvgIpc) is 3.34. The number of hydrogen-bond donors (Lipinski definition) is 2. The molecule has 6 atom stereocenters. The van der Waals surface area contributed by atoms with Gasteiger partial charge in [-0.05, 0) is 57.2 Å². The van der Waals surface area contributed by atoms with E-state index in [-0.39, 0.29) is 31.1 Å². The molecule has 1 saturated carbocycles. The standard InChI is InChI=1S/C36H54N4O6/c1-26(11-9-12-28(3)34-37-19-10-20-38-34)33-27(2)15-16-31(36(4,44)18-17-30(41)25-32(42)46-33)45-35(43)40-23-21-39(22-24-40)29-13-7-5-6-8-14-29/h9-12,15-16,19-20,27-31,33,41,44H,5-8,13-14,17-18,21-25H2,1-4H3/b12-9+,16-15+,26-11+/t27-,28-,30-,31+,33+,36-/m0/s1. The SMILES string of the molecule is C/C(=C\C=C\[C@H](C)c1ncccn1)[C@H]1OC(=O)C[C@@H](O)CC[C@](C)(O)[C@H](OC(=O)N2CCN(C3CCCCCC3)CC2)/C=C/[C@@H]1C. The number of nitrogens with zero attached hydrogens (tertiary/aromatic N) is 4. The number of allylic oxidation sites excluding steroid dienone is 3. The second-order valence-corrected chi connectivity index (χ2v) is 13.6. The molecule has 4 rings (SSSR count). The van der Waals surface area contributed by atoms with Gasteiger partial charge in [0.15, 0.2) is 6.10 Å². The topological polar surface area (TPSA) is 125 Å². The van der Waals surface area contributed by atoms with Gasteiger partial charge in [-0.1, -0.05) is 63.8 Å². The monoisotopic (exact) mass is 638 g/mol. The van der Waals surface area contributed by atoms with Gasteiger partial charge >= 0.3 is 12.1 Å². The fourth-order valence-corrected chi connectivity index (χ4v) is 6.63. The van der Waals surface area contributed by atoms with Crippen molar-refractivity contribution in [1.82, 2.24) is 19.8 Å². The van der Waals surface area contributed by atoms with E-state index < -0.39 is 36.0 Å². The van der Waals surface area contributed by atoms with E-state index in [0.29, 0.717) is 25.0 Å². The first-order valence-electron chi connectivity index (χ1n) is 17.1. The fraction of sp³-hybridized carbons (Fsp3) is 0.667. The molecule has 0 bridgehead atoms. The van der Waals surface area contributed by atoms with Gasteiger partial charge in [0.05, 0.1) is 12.5 Å². The average molecular weight is 639 g/mol. The molecule has 2 aliphatic heterocycles. The maximum Gasteiger partial charge on any atom is 0.410 e. The predicted octanol–water partition coefficient (Wildman–Crippen LogP) is 5.33. The van der Waals surface area contributed by atoms with Gasteiger partial charge in [-0.3, -0.25) is 9.69 Å². The summed E-state index contributed by atoms with van der Waals surface area (Å²) in [6.07, 6.45) is 17.5. The van der Waals surface area contributed by atoms with Crippen molar-refractivity contribution in [2.45, 2.75) is 121 Å². The largest absolute Gasteiger partial charge is 0.457 e. The van der Waals surface area contributed by atoms with Crippen LogP contribution in [0.25, 0.3) is 0 Å². The molecule has 1 aromatic rings. The Morgan fingerprint density at radius 1 is 1.09 bits per heavy atom. The first kappa shape index (κ1) is 35.8. The molecule has 0 unspecified atom stereocenters. The van der Waals surface area contributed by atoms with Crippen molar-refractivity contribution in [3.05, 3.63) is 60.2 Å². The van der Waals surface area contributed by atoms with E-state index in [1.165, 1.54) is 38.5 Å². The Morgan fingerprint density at radius 2 is 1.76 bits per heavy atom. The molecule has 2 N–H and O–H groups in total. The Bertz CT molecular complexity index is 1200. The molecule has 0 spiro atoms. The van der Waals surface area contributed by atoms with Crippen LogP contribution in [0.5, 0.6) is 0 Å². The number of cyclic esters (lactones) is 1. The molecule has 254 valence electrons. The molecule has 1 aromatic heterocycles. The molecule has 46 heavy (non-hydrogen) atoms. The van der Waals surface area contributed by atoms with Crippen LogP contribution in [-0.4, -0.2) is 98.2 Å². The lowest BCUT2D eigenvalue weighted by atomic mass is 9.88. The number of esters is 1. The highest BCUT2D eigenvalue weighted by Crippen LogP contribution is 2.28. The number of hydrogen-bond acceptors (Lipinski definition) is 9. The number of aliphatic hydroxyl groups excluding tert-OH is 1. The van der Waals surface area contributed by atoms with Crippen LogP contribution in [0, 0.1) is 5.92 Å². The number of ether oxygens (including phenoxy) is 2. The number of aromatic nitrogens is 2. The van der Waals surface area contributed by atoms with Gasteiger partial charge < -0.3 is 24.6 Å². The summed E-state index contributed by atoms with van der Waals surface area (Å²) in [5, 5.41) is 22.1. The van der Waals surface area contributed by atoms with Crippen molar-refractivity contribution in [1.29, 1.82) is 0 Å². The normalized spacial score (nSPS) is 31.3. The second-order valence-electron chi connectivity index (χ2n) is 13.6. The molecular weight excluding hydrogens is 584 g/mol. The van der Waals surface area contributed by atoms with Crippen LogP contribution in [0.4, 0.5) is 4.79 Å². The summed E-state index contributed by atoms with van der Waals surface area (Å²) in [5.41, 5.74) is -0.641. The van der Waals surface area contributed by atoms with Crippen molar-refractivity contribution >= 4 is 12.1 Å². The Labute approximate surface area is 274 Å². The summed E-state index contributed by atoms with van der Waals surface area (Å²) in [6, 6.07) is 2.37. The molecule has 0 aromatic carbocycles. The van der Waals surface area contributed by atoms with Gasteiger partial charge in [-0.15, -0.1) is 0 Å². The van der Waals surface area contributed by atoms with Crippen LogP contribution < -0.4 is 0 Å². The van der Waals surface area contributed by atoms with Crippen molar-refractivity contribution in [2.24, 2.45) is 5.92 Å². The summed E-state index contributed by atoms with van der Waals surface area (Å²) in [5.74, 6) is -0.109. The summed E-state index contributed by atoms with van der Waals surface area (Å²) < 4.78 is 11.9. The van der Waals surface area contributed by atoms with E-state index in [2.05, 4.69) is 14.9 Å². The Kier molecular flexibility index (Phi) is 13.4. The Hall–Kier alpha value is -3.08. The van der Waals surface area contributed by atoms with Crippen molar-refractivity contribution in [3.8, 4) is 0 Å². The van der Waals surface area contributed by atoms with Crippen molar-refractivity contribution in [2.75, 3.05) is 26.2 Å². The molecule has 10 heteroatoms. The van der Waals surface area contributed by atoms with Crippen LogP contribution in [0.15, 0.2) is 54.4 Å². The highest BCUT2D eigenvalue weighted by Gasteiger charge is 2.37. The van der Waals surface area contributed by atoms with Gasteiger partial charge in [0.2, 0.25) is 0 Å². The molecule has 2 fully saturated rings. The zero-order valence-electron chi connectivity index (χ0n) is 28.1. The third-order valence-corrected chi connectivity index (χ3v) is 9.67. The zero-order valence-corrected chi connectivity index (χ0v) is 28.1.